The summed E-state index contributed by atoms with van der Waals surface area (Å²) in [5, 5.41) is 61.2. The Labute approximate surface area is 724 Å². The molecule has 19 N–H and O–H groups in total. The number of fused-ring (bicyclic) bond motifs is 8. The number of esters is 1. The van der Waals surface area contributed by atoms with Crippen LogP contribution in [-0.2, 0) is 90.4 Å². The molecule has 0 aliphatic carbocycles. The number of aromatic amines is 2. The molecule has 0 radical (unpaired) electrons. The summed E-state index contributed by atoms with van der Waals surface area (Å²) in [6.45, 7) is 1.13. The van der Waals surface area contributed by atoms with Gasteiger partial charge in [0.25, 0.3) is 5.91 Å². The smallest absolute Gasteiger partial charge is 0.340 e. The summed E-state index contributed by atoms with van der Waals surface area (Å²) in [5.41, 5.74) is 14.8. The molecule has 8 aromatic carbocycles. The lowest BCUT2D eigenvalue weighted by atomic mass is 9.75. The first kappa shape index (κ1) is 89.8. The van der Waals surface area contributed by atoms with Gasteiger partial charge in [-0.2, -0.15) is 25.3 Å². The Hall–Kier alpha value is -13.5. The summed E-state index contributed by atoms with van der Waals surface area (Å²) >= 11 is 8.67. The largest absolute Gasteiger partial charge is 0.508 e. The second-order valence-electron chi connectivity index (χ2n) is 30.5. The maximum atomic E-state index is 15.7. The van der Waals surface area contributed by atoms with Crippen molar-refractivity contribution in [2.75, 3.05) is 24.6 Å². The van der Waals surface area contributed by atoms with E-state index < -0.39 is 137 Å². The highest BCUT2D eigenvalue weighted by atomic mass is 32.1. The molecule has 11 amide bonds. The number of ether oxygens (including phenoxy) is 2. The molecule has 0 saturated heterocycles. The molecule has 2 aliphatic heterocycles. The summed E-state index contributed by atoms with van der Waals surface area (Å²) in [6, 6.07) is 40.1. The Morgan fingerprint density at radius 2 is 0.871 bits per heavy atom. The van der Waals surface area contributed by atoms with Crippen molar-refractivity contribution in [2.24, 2.45) is 11.5 Å². The van der Waals surface area contributed by atoms with Crippen LogP contribution in [0.15, 0.2) is 207 Å². The van der Waals surface area contributed by atoms with Crippen LogP contribution in [-0.4, -0.2) is 181 Å². The van der Waals surface area contributed by atoms with Crippen LogP contribution >= 0.6 is 25.3 Å². The van der Waals surface area contributed by atoms with Gasteiger partial charge >= 0.3 is 5.97 Å². The number of aliphatic hydroxyl groups is 1. The fourth-order valence-electron chi connectivity index (χ4n) is 15.4. The van der Waals surface area contributed by atoms with Crippen molar-refractivity contribution in [3.05, 3.63) is 262 Å². The average Bonchev–Trinajstić information content (AvgIpc) is 1.49. The molecule has 4 heterocycles. The predicted molar refractivity (Wildman–Crippen MR) is 468 cm³/mol. The summed E-state index contributed by atoms with van der Waals surface area (Å²) in [4.78, 5) is 181. The number of aromatic hydroxyl groups is 2. The Morgan fingerprint density at radius 3 is 1.34 bits per heavy atom. The Kier molecular flexibility index (Phi) is 30.3. The third kappa shape index (κ3) is 22.0. The molecule has 2 aromatic heterocycles. The minimum Gasteiger partial charge on any atom is -0.508 e. The summed E-state index contributed by atoms with van der Waals surface area (Å²) in [6.07, 6.45) is 1.05. The lowest BCUT2D eigenvalue weighted by Gasteiger charge is -2.37. The van der Waals surface area contributed by atoms with Crippen LogP contribution in [0.25, 0.3) is 21.8 Å². The topological polar surface area (TPSA) is 488 Å². The number of unbranched alkanes of at least 4 members (excludes halogenated alkanes) is 1. The van der Waals surface area contributed by atoms with E-state index in [2.05, 4.69) is 88.4 Å². The van der Waals surface area contributed by atoms with E-state index in [1.807, 2.05) is 24.3 Å². The number of H-pyrrole nitrogens is 2. The van der Waals surface area contributed by atoms with E-state index in [-0.39, 0.29) is 140 Å². The molecule has 12 rings (SSSR count). The highest BCUT2D eigenvalue weighted by Gasteiger charge is 2.56. The number of phenolic OH excluding ortho intramolecular Hbond substituents is 2. The predicted octanol–water partition coefficient (Wildman–Crippen LogP) is 4.96. The zero-order valence-electron chi connectivity index (χ0n) is 67.6. The number of carbonyl (C=O) groups excluding carboxylic acids is 12. The lowest BCUT2D eigenvalue weighted by Crippen LogP contribution is -2.62. The Balaban J connectivity index is 0.778. The van der Waals surface area contributed by atoms with Gasteiger partial charge in [-0.15, -0.1) is 0 Å². The number of nitrogens with one attached hydrogen (secondary N) is 12. The maximum absolute atomic E-state index is 15.7. The van der Waals surface area contributed by atoms with E-state index in [4.69, 9.17) is 20.9 Å². The van der Waals surface area contributed by atoms with Crippen LogP contribution in [0.2, 0.25) is 0 Å². The highest BCUT2D eigenvalue weighted by molar-refractivity contribution is 7.80. The van der Waals surface area contributed by atoms with Crippen molar-refractivity contribution in [3.63, 3.8) is 0 Å². The zero-order chi connectivity index (χ0) is 88.1. The number of rotatable bonds is 41. The number of hydrogen-bond acceptors (Lipinski definition) is 20. The van der Waals surface area contributed by atoms with Gasteiger partial charge in [-0.3, -0.25) is 52.7 Å². The standard InChI is InChI=1S/C91H98N14O17S2/c1-51(106)79(89(119)104-72(44-54-22-9-4-10-23-54)85(115)98-67(36-40-123)80(93)110)105-83(113)68(30-15-16-38-92)99-87(117)73(45-55-49-95-65-28-13-11-24-59(55)65)103-88(118)74(46-56-50-96-66-29-14-12-25-60(56)66)102-86(116)71(43-53-20-7-3-8-21-53)101-82(112)69(37-41-124)100-84(114)70(42-52-18-5-2-6-19-52)97-77(109)35-39-94-81(111)61-26-17-27-62-78(61)91(122-90(62)120)63-33-31-57(107)47-75(63)121-76-48-58(108)32-34-64(76)91/h2-14,17-29,31-34,47-51,67-74,79,95-96,106-108,123-124H,15-16,30,35-46,92H2,1H3,(H2,93,110)(H,94,111)(H,97,109)(H,98,115)(H,99,117)(H,100,114)(H,101,112)(H,102,116)(H,103,118)(H,104,119)(H,105,113)/t51-,67+,68+,69+,70-,71+,72+,73-,74+,79+/m1/s1. The number of nitrogens with two attached hydrogens (primary N) is 2. The van der Waals surface area contributed by atoms with E-state index in [0.29, 0.717) is 56.0 Å². The number of primary amides is 1. The van der Waals surface area contributed by atoms with Crippen LogP contribution in [0.5, 0.6) is 23.0 Å². The van der Waals surface area contributed by atoms with Crippen molar-refractivity contribution >= 4 is 118 Å². The number of para-hydroxylation sites is 2. The molecule has 10 aromatic rings. The molecule has 0 fully saturated rings. The number of amides is 11. The molecular weight excluding hydrogens is 1630 g/mol. The fraction of sp³-hybridized carbons (Fsp3) is 0.297. The summed E-state index contributed by atoms with van der Waals surface area (Å²) in [5.74, 6) is -10.1. The van der Waals surface area contributed by atoms with Gasteiger partial charge in [-0.25, -0.2) is 4.79 Å². The molecule has 646 valence electrons. The second-order valence-corrected chi connectivity index (χ2v) is 31.3. The molecule has 2 aliphatic rings. The number of aliphatic hydroxyl groups excluding tert-OH is 1. The molecule has 124 heavy (non-hydrogen) atoms. The zero-order valence-corrected chi connectivity index (χ0v) is 69.4. The van der Waals surface area contributed by atoms with E-state index >= 15 is 19.2 Å². The number of hydrogen-bond donors (Lipinski definition) is 19. The lowest BCUT2D eigenvalue weighted by molar-refractivity contribution is -0.137. The van der Waals surface area contributed by atoms with Gasteiger partial charge in [0.1, 0.15) is 77.4 Å². The van der Waals surface area contributed by atoms with Crippen LogP contribution in [0.1, 0.15) is 111 Å². The van der Waals surface area contributed by atoms with Gasteiger partial charge in [0.2, 0.25) is 59.1 Å². The third-order valence-corrected chi connectivity index (χ3v) is 22.2. The van der Waals surface area contributed by atoms with E-state index in [1.54, 1.807) is 128 Å². The normalized spacial score (nSPS) is 14.7. The number of phenols is 2. The maximum Gasteiger partial charge on any atom is 0.340 e. The monoisotopic (exact) mass is 1720 g/mol. The van der Waals surface area contributed by atoms with Gasteiger partial charge in [-0.1, -0.05) is 133 Å². The van der Waals surface area contributed by atoms with Gasteiger partial charge in [0, 0.05) is 114 Å². The minimum atomic E-state index is -1.80. The van der Waals surface area contributed by atoms with E-state index in [0.717, 1.165) is 0 Å². The van der Waals surface area contributed by atoms with Gasteiger partial charge in [0.15, 0.2) is 5.60 Å². The van der Waals surface area contributed by atoms with Crippen molar-refractivity contribution in [1.82, 2.24) is 63.1 Å². The van der Waals surface area contributed by atoms with Gasteiger partial charge < -0.3 is 99.4 Å². The van der Waals surface area contributed by atoms with Gasteiger partial charge in [0.05, 0.1) is 11.7 Å². The molecular formula is C91H98N14O17S2. The van der Waals surface area contributed by atoms with Crippen molar-refractivity contribution < 1.29 is 82.3 Å². The van der Waals surface area contributed by atoms with Crippen molar-refractivity contribution in [2.45, 2.75) is 144 Å². The first-order valence-corrected chi connectivity index (χ1v) is 41.9. The summed E-state index contributed by atoms with van der Waals surface area (Å²) < 4.78 is 12.3. The van der Waals surface area contributed by atoms with Crippen molar-refractivity contribution in [3.8, 4) is 23.0 Å². The molecule has 10 atom stereocenters. The highest BCUT2D eigenvalue weighted by Crippen LogP contribution is 2.58. The number of benzene rings is 8. The third-order valence-electron chi connectivity index (χ3n) is 21.7. The number of aromatic nitrogens is 2. The van der Waals surface area contributed by atoms with Crippen LogP contribution in [0.3, 0.4) is 0 Å². The number of thiol groups is 2. The Bertz CT molecular complexity index is 5510. The van der Waals surface area contributed by atoms with Crippen LogP contribution in [0, 0.1) is 0 Å². The first-order valence-electron chi connectivity index (χ1n) is 40.7. The molecule has 0 unspecified atom stereocenters. The fourth-order valence-corrected chi connectivity index (χ4v) is 15.9. The second kappa shape index (κ2) is 41.9. The first-order chi connectivity index (χ1) is 59.8. The SMILES string of the molecule is C[C@@H](O)[C@H](NC(=O)[C@H](CCCCN)NC(=O)[C@@H](Cc1c[nH]c2ccccc12)NC(=O)[C@H](Cc1c[nH]c2ccccc12)NC(=O)[C@H](Cc1ccccc1)NC(=O)[C@H](CCS)NC(=O)[C@@H](Cc1ccccc1)NC(=O)CCNC(=O)c1cccc2c1C1(OC2=O)c2ccc(O)cc2Oc2cc(O)ccc21)C(=O)N[C@@H](Cc1ccccc1)C(=O)N[C@@H](CCS)C(N)=O. The molecule has 0 bridgehead atoms. The van der Waals surface area contributed by atoms with E-state index in [9.17, 15) is 53.7 Å². The summed E-state index contributed by atoms with van der Waals surface area (Å²) in [7, 11) is 0. The molecule has 0 saturated carbocycles. The minimum absolute atomic E-state index is 0.00849. The average molecular weight is 1720 g/mol. The van der Waals surface area contributed by atoms with Crippen molar-refractivity contribution in [1.29, 1.82) is 0 Å². The molecule has 33 heteroatoms. The van der Waals surface area contributed by atoms with Crippen LogP contribution in [0.4, 0.5) is 0 Å². The quantitative estimate of drug-likeness (QED) is 0.0137. The Morgan fingerprint density at radius 1 is 0.460 bits per heavy atom. The number of carbonyl (C=O) groups is 12. The van der Waals surface area contributed by atoms with E-state index in [1.165, 1.54) is 61.5 Å². The molecule has 1 spiro atoms. The van der Waals surface area contributed by atoms with Crippen LogP contribution < -0.4 is 69.4 Å². The molecule has 31 nitrogen and oxygen atoms in total. The van der Waals surface area contributed by atoms with Gasteiger partial charge in [-0.05, 0) is 133 Å².